The number of hydrogen-bond acceptors (Lipinski definition) is 5. The highest BCUT2D eigenvalue weighted by Crippen LogP contribution is 2.41. The molecule has 0 aliphatic carbocycles. The van der Waals surface area contributed by atoms with E-state index >= 15 is 0 Å². The zero-order chi connectivity index (χ0) is 23.2. The number of nitrogens with zero attached hydrogens (tertiary/aromatic N) is 3. The van der Waals surface area contributed by atoms with E-state index in [1.165, 1.54) is 16.7 Å². The molecule has 3 aromatic carbocycles. The predicted molar refractivity (Wildman–Crippen MR) is 133 cm³/mol. The highest BCUT2D eigenvalue weighted by molar-refractivity contribution is 5.33. The molecule has 0 spiro atoms. The normalized spacial score (nSPS) is 16.1. The van der Waals surface area contributed by atoms with Gasteiger partial charge in [-0.3, -0.25) is 0 Å². The number of ether oxygens (including phenoxy) is 1. The van der Waals surface area contributed by atoms with E-state index in [2.05, 4.69) is 93.9 Å². The van der Waals surface area contributed by atoms with E-state index in [9.17, 15) is 0 Å². The van der Waals surface area contributed by atoms with Crippen LogP contribution in [-0.2, 0) is 10.2 Å². The van der Waals surface area contributed by atoms with Crippen LogP contribution in [0.25, 0.3) is 0 Å². The predicted octanol–water partition coefficient (Wildman–Crippen LogP) is 5.57. The van der Waals surface area contributed by atoms with Gasteiger partial charge in [-0.25, -0.2) is 0 Å². The lowest BCUT2D eigenvalue weighted by Gasteiger charge is -2.39. The summed E-state index contributed by atoms with van der Waals surface area (Å²) >= 11 is 0. The van der Waals surface area contributed by atoms with E-state index in [0.29, 0.717) is 12.4 Å². The van der Waals surface area contributed by atoms with Crippen LogP contribution in [0.3, 0.4) is 0 Å². The quantitative estimate of drug-likeness (QED) is 0.349. The summed E-state index contributed by atoms with van der Waals surface area (Å²) in [6.07, 6.45) is 1.83. The van der Waals surface area contributed by atoms with Crippen LogP contribution in [0.15, 0.2) is 95.5 Å². The van der Waals surface area contributed by atoms with Crippen molar-refractivity contribution in [2.24, 2.45) is 0 Å². The Kier molecular flexibility index (Phi) is 6.84. The smallest absolute Gasteiger partial charge is 0.237 e. The lowest BCUT2D eigenvalue weighted by molar-refractivity contribution is 0.0488. The fourth-order valence-corrected chi connectivity index (χ4v) is 4.97. The third-order valence-electron chi connectivity index (χ3n) is 6.87. The maximum atomic E-state index is 6.46. The average Bonchev–Trinajstić information content (AvgIpc) is 3.35. The minimum Gasteiger partial charge on any atom is -0.367 e. The number of piperidine rings is 1. The summed E-state index contributed by atoms with van der Waals surface area (Å²) in [6, 6.07) is 31.5. The number of benzene rings is 3. The molecule has 0 bridgehead atoms. The first-order valence-corrected chi connectivity index (χ1v) is 12.0. The summed E-state index contributed by atoms with van der Waals surface area (Å²) < 4.78 is 12.2. The average molecular weight is 454 g/mol. The Balaban J connectivity index is 1.25. The third-order valence-corrected chi connectivity index (χ3v) is 6.87. The van der Waals surface area contributed by atoms with Crippen molar-refractivity contribution in [2.75, 3.05) is 26.2 Å². The lowest BCUT2D eigenvalue weighted by atomic mass is 9.72. The first kappa shape index (κ1) is 22.5. The minimum atomic E-state index is -0.226. The van der Waals surface area contributed by atoms with Gasteiger partial charge in [-0.1, -0.05) is 96.2 Å². The second kappa shape index (κ2) is 10.3. The molecule has 5 heteroatoms. The van der Waals surface area contributed by atoms with Crippen LogP contribution in [0.4, 0.5) is 0 Å². The number of aryl methyl sites for hydroxylation is 1. The van der Waals surface area contributed by atoms with Crippen molar-refractivity contribution in [3.05, 3.63) is 119 Å². The van der Waals surface area contributed by atoms with Gasteiger partial charge in [0.05, 0.1) is 12.0 Å². The number of likely N-dealkylation sites (tertiary alicyclic amines) is 1. The topological polar surface area (TPSA) is 51.4 Å². The van der Waals surface area contributed by atoms with Crippen molar-refractivity contribution in [2.45, 2.75) is 31.3 Å². The molecule has 1 aliphatic rings. The van der Waals surface area contributed by atoms with Crippen LogP contribution in [0.2, 0.25) is 0 Å². The van der Waals surface area contributed by atoms with E-state index in [-0.39, 0.29) is 11.5 Å². The molecule has 34 heavy (non-hydrogen) atoms. The van der Waals surface area contributed by atoms with Crippen LogP contribution in [0.5, 0.6) is 0 Å². The standard InChI is InChI=1S/C29H31N3O2/c1-23-30-28(34-31-23)29(26-15-9-4-10-16-26)17-19-32(20-18-29)21-22-33-27(24-11-5-2-6-12-24)25-13-7-3-8-14-25/h2-16,27H,17-22H2,1H3. The monoisotopic (exact) mass is 453 g/mol. The Morgan fingerprint density at radius 3 is 1.94 bits per heavy atom. The number of hydrogen-bond donors (Lipinski definition) is 0. The van der Waals surface area contributed by atoms with Gasteiger partial charge in [-0.2, -0.15) is 4.98 Å². The van der Waals surface area contributed by atoms with Gasteiger partial charge in [0.2, 0.25) is 5.89 Å². The van der Waals surface area contributed by atoms with E-state index in [4.69, 9.17) is 9.26 Å². The van der Waals surface area contributed by atoms with Crippen molar-refractivity contribution in [1.82, 2.24) is 15.0 Å². The summed E-state index contributed by atoms with van der Waals surface area (Å²) in [6.45, 7) is 5.37. The van der Waals surface area contributed by atoms with Crippen LogP contribution >= 0.6 is 0 Å². The van der Waals surface area contributed by atoms with Gasteiger partial charge in [0.1, 0.15) is 6.10 Å². The second-order valence-electron chi connectivity index (χ2n) is 9.01. The van der Waals surface area contributed by atoms with Crippen molar-refractivity contribution >= 4 is 0 Å². The zero-order valence-corrected chi connectivity index (χ0v) is 19.6. The summed E-state index contributed by atoms with van der Waals surface area (Å²) in [5.74, 6) is 1.43. The first-order chi connectivity index (χ1) is 16.7. The molecule has 0 atom stereocenters. The molecule has 0 saturated carbocycles. The Bertz CT molecular complexity index is 1110. The molecule has 0 unspecified atom stereocenters. The van der Waals surface area contributed by atoms with Gasteiger partial charge < -0.3 is 14.2 Å². The van der Waals surface area contributed by atoms with Gasteiger partial charge in [0, 0.05) is 6.54 Å². The molecule has 5 nitrogen and oxygen atoms in total. The SMILES string of the molecule is Cc1noc(C2(c3ccccc3)CCN(CCOC(c3ccccc3)c3ccccc3)CC2)n1. The summed E-state index contributed by atoms with van der Waals surface area (Å²) in [5, 5.41) is 4.09. The molecule has 0 N–H and O–H groups in total. The zero-order valence-electron chi connectivity index (χ0n) is 19.6. The fraction of sp³-hybridized carbons (Fsp3) is 0.310. The van der Waals surface area contributed by atoms with E-state index in [1.54, 1.807) is 0 Å². The molecule has 174 valence electrons. The number of aromatic nitrogens is 2. The van der Waals surface area contributed by atoms with Crippen LogP contribution < -0.4 is 0 Å². The lowest BCUT2D eigenvalue weighted by Crippen LogP contribution is -2.44. The molecule has 4 aromatic rings. The largest absolute Gasteiger partial charge is 0.367 e. The van der Waals surface area contributed by atoms with Gasteiger partial charge in [0.25, 0.3) is 0 Å². The highest BCUT2D eigenvalue weighted by Gasteiger charge is 2.42. The Morgan fingerprint density at radius 1 is 0.853 bits per heavy atom. The molecule has 5 rings (SSSR count). The number of rotatable bonds is 8. The molecule has 1 aromatic heterocycles. The van der Waals surface area contributed by atoms with Crippen LogP contribution in [0.1, 0.15) is 47.4 Å². The molecular formula is C29H31N3O2. The highest BCUT2D eigenvalue weighted by atomic mass is 16.5. The van der Waals surface area contributed by atoms with Gasteiger partial charge in [-0.15, -0.1) is 0 Å². The third kappa shape index (κ3) is 4.81. The molecule has 1 fully saturated rings. The fourth-order valence-electron chi connectivity index (χ4n) is 4.97. The van der Waals surface area contributed by atoms with Gasteiger partial charge in [0.15, 0.2) is 5.82 Å². The molecule has 1 aliphatic heterocycles. The Hall–Kier alpha value is -3.28. The van der Waals surface area contributed by atoms with Crippen LogP contribution in [0, 0.1) is 6.92 Å². The summed E-state index contributed by atoms with van der Waals surface area (Å²) in [7, 11) is 0. The van der Waals surface area contributed by atoms with Gasteiger partial charge >= 0.3 is 0 Å². The second-order valence-corrected chi connectivity index (χ2v) is 9.01. The maximum Gasteiger partial charge on any atom is 0.237 e. The summed E-state index contributed by atoms with van der Waals surface area (Å²) in [5.41, 5.74) is 3.39. The molecule has 0 amide bonds. The van der Waals surface area contributed by atoms with Crippen molar-refractivity contribution in [3.63, 3.8) is 0 Å². The molecular weight excluding hydrogens is 422 g/mol. The summed E-state index contributed by atoms with van der Waals surface area (Å²) in [4.78, 5) is 7.12. The first-order valence-electron chi connectivity index (χ1n) is 12.0. The van der Waals surface area contributed by atoms with E-state index in [1.807, 2.05) is 19.1 Å². The van der Waals surface area contributed by atoms with Crippen molar-refractivity contribution < 1.29 is 9.26 Å². The molecule has 2 heterocycles. The molecule has 1 saturated heterocycles. The van der Waals surface area contributed by atoms with Crippen LogP contribution in [-0.4, -0.2) is 41.3 Å². The minimum absolute atomic E-state index is 0.0584. The molecule has 0 radical (unpaired) electrons. The van der Waals surface area contributed by atoms with E-state index in [0.717, 1.165) is 38.4 Å². The Labute approximate surface area is 201 Å². The van der Waals surface area contributed by atoms with E-state index < -0.39 is 0 Å². The van der Waals surface area contributed by atoms with Crippen molar-refractivity contribution in [3.8, 4) is 0 Å². The van der Waals surface area contributed by atoms with Crippen molar-refractivity contribution in [1.29, 1.82) is 0 Å². The Morgan fingerprint density at radius 2 is 1.41 bits per heavy atom. The van der Waals surface area contributed by atoms with Gasteiger partial charge in [-0.05, 0) is 49.5 Å². The maximum absolute atomic E-state index is 6.46.